The topological polar surface area (TPSA) is 21.3 Å². The molecule has 1 unspecified atom stereocenters. The summed E-state index contributed by atoms with van der Waals surface area (Å²) in [4.78, 5) is 0. The molecule has 1 N–H and O–H groups in total. The Morgan fingerprint density at radius 1 is 1.20 bits per heavy atom. The number of ether oxygens (including phenoxy) is 1. The first-order chi connectivity index (χ1) is 7.33. The van der Waals surface area contributed by atoms with E-state index in [0.29, 0.717) is 12.1 Å². The molecule has 1 aliphatic rings. The molecule has 0 aromatic heterocycles. The molecule has 0 saturated heterocycles. The highest BCUT2D eigenvalue weighted by Crippen LogP contribution is 2.19. The minimum atomic E-state index is 0.508. The summed E-state index contributed by atoms with van der Waals surface area (Å²) in [6.07, 6.45) is 9.84. The molecule has 1 aliphatic carbocycles. The molecule has 1 atom stereocenters. The van der Waals surface area contributed by atoms with Crippen LogP contribution in [0.15, 0.2) is 0 Å². The molecule has 1 rings (SSSR count). The van der Waals surface area contributed by atoms with Crippen LogP contribution in [0.2, 0.25) is 0 Å². The van der Waals surface area contributed by atoms with E-state index in [1.807, 2.05) is 0 Å². The van der Waals surface area contributed by atoms with Crippen molar-refractivity contribution in [1.82, 2.24) is 5.32 Å². The molecule has 1 saturated carbocycles. The zero-order valence-corrected chi connectivity index (χ0v) is 10.4. The summed E-state index contributed by atoms with van der Waals surface area (Å²) in [5.74, 6) is 0. The second-order valence-corrected chi connectivity index (χ2v) is 4.80. The van der Waals surface area contributed by atoms with Gasteiger partial charge in [0.1, 0.15) is 0 Å². The smallest absolute Gasteiger partial charge is 0.0620 e. The second kappa shape index (κ2) is 8.12. The van der Waals surface area contributed by atoms with Crippen LogP contribution < -0.4 is 5.32 Å². The van der Waals surface area contributed by atoms with Crippen molar-refractivity contribution < 1.29 is 4.74 Å². The standard InChI is InChI=1S/C13H27NO/c1-3-10-14-12(2)11-15-13-8-6-4-5-7-9-13/h12-14H,3-11H2,1-2H3. The van der Waals surface area contributed by atoms with E-state index < -0.39 is 0 Å². The molecule has 15 heavy (non-hydrogen) atoms. The highest BCUT2D eigenvalue weighted by atomic mass is 16.5. The van der Waals surface area contributed by atoms with Crippen LogP contribution in [0.5, 0.6) is 0 Å². The van der Waals surface area contributed by atoms with E-state index >= 15 is 0 Å². The number of hydrogen-bond acceptors (Lipinski definition) is 2. The van der Waals surface area contributed by atoms with Crippen LogP contribution in [0.25, 0.3) is 0 Å². The van der Waals surface area contributed by atoms with Gasteiger partial charge in [-0.2, -0.15) is 0 Å². The third-order valence-corrected chi connectivity index (χ3v) is 3.13. The van der Waals surface area contributed by atoms with Gasteiger partial charge >= 0.3 is 0 Å². The lowest BCUT2D eigenvalue weighted by Crippen LogP contribution is -2.32. The SMILES string of the molecule is CCCNC(C)COC1CCCCCC1. The van der Waals surface area contributed by atoms with Gasteiger partial charge in [-0.1, -0.05) is 32.6 Å². The van der Waals surface area contributed by atoms with E-state index in [2.05, 4.69) is 19.2 Å². The monoisotopic (exact) mass is 213 g/mol. The highest BCUT2D eigenvalue weighted by Gasteiger charge is 2.13. The van der Waals surface area contributed by atoms with Gasteiger partial charge in [-0.15, -0.1) is 0 Å². The Hall–Kier alpha value is -0.0800. The lowest BCUT2D eigenvalue weighted by molar-refractivity contribution is 0.0319. The largest absolute Gasteiger partial charge is 0.377 e. The molecule has 1 fully saturated rings. The molecule has 0 bridgehead atoms. The lowest BCUT2D eigenvalue weighted by Gasteiger charge is -2.19. The van der Waals surface area contributed by atoms with Crippen LogP contribution in [0.3, 0.4) is 0 Å². The Kier molecular flexibility index (Phi) is 7.03. The predicted molar refractivity (Wildman–Crippen MR) is 65.2 cm³/mol. The van der Waals surface area contributed by atoms with Crippen molar-refractivity contribution >= 4 is 0 Å². The van der Waals surface area contributed by atoms with Gasteiger partial charge in [-0.3, -0.25) is 0 Å². The van der Waals surface area contributed by atoms with Crippen molar-refractivity contribution in [2.45, 2.75) is 70.9 Å². The summed E-state index contributed by atoms with van der Waals surface area (Å²) < 4.78 is 5.96. The van der Waals surface area contributed by atoms with E-state index in [4.69, 9.17) is 4.74 Å². The molecular weight excluding hydrogens is 186 g/mol. The molecule has 0 radical (unpaired) electrons. The minimum absolute atomic E-state index is 0.508. The maximum atomic E-state index is 5.96. The van der Waals surface area contributed by atoms with Crippen LogP contribution in [0.4, 0.5) is 0 Å². The average molecular weight is 213 g/mol. The normalized spacial score (nSPS) is 21.2. The molecule has 0 heterocycles. The van der Waals surface area contributed by atoms with Gasteiger partial charge < -0.3 is 10.1 Å². The van der Waals surface area contributed by atoms with Gasteiger partial charge in [0.15, 0.2) is 0 Å². The molecule has 0 aliphatic heterocycles. The van der Waals surface area contributed by atoms with Crippen molar-refractivity contribution in [1.29, 1.82) is 0 Å². The third-order valence-electron chi connectivity index (χ3n) is 3.13. The lowest BCUT2D eigenvalue weighted by atomic mass is 10.1. The molecule has 90 valence electrons. The van der Waals surface area contributed by atoms with Gasteiger partial charge in [0.25, 0.3) is 0 Å². The summed E-state index contributed by atoms with van der Waals surface area (Å²) in [5, 5.41) is 3.46. The van der Waals surface area contributed by atoms with Crippen molar-refractivity contribution in [3.8, 4) is 0 Å². The summed E-state index contributed by atoms with van der Waals surface area (Å²) in [6.45, 7) is 6.40. The van der Waals surface area contributed by atoms with Crippen molar-refractivity contribution in [3.63, 3.8) is 0 Å². The van der Waals surface area contributed by atoms with Gasteiger partial charge in [0.05, 0.1) is 12.7 Å². The highest BCUT2D eigenvalue weighted by molar-refractivity contribution is 4.66. The fraction of sp³-hybridized carbons (Fsp3) is 1.00. The van der Waals surface area contributed by atoms with E-state index in [-0.39, 0.29) is 0 Å². The predicted octanol–water partition coefficient (Wildman–Crippen LogP) is 3.11. The van der Waals surface area contributed by atoms with Gasteiger partial charge in [0, 0.05) is 6.04 Å². The molecule has 0 spiro atoms. The Morgan fingerprint density at radius 2 is 1.87 bits per heavy atom. The third kappa shape index (κ3) is 6.16. The van der Waals surface area contributed by atoms with Crippen LogP contribution in [-0.2, 0) is 4.74 Å². The van der Waals surface area contributed by atoms with Crippen LogP contribution in [-0.4, -0.2) is 25.3 Å². The summed E-state index contributed by atoms with van der Waals surface area (Å²) in [7, 11) is 0. The van der Waals surface area contributed by atoms with Crippen molar-refractivity contribution in [2.75, 3.05) is 13.2 Å². The number of nitrogens with one attached hydrogen (secondary N) is 1. The fourth-order valence-electron chi connectivity index (χ4n) is 2.14. The first-order valence-corrected chi connectivity index (χ1v) is 6.68. The molecule has 2 heteroatoms. The zero-order chi connectivity index (χ0) is 10.9. The first kappa shape index (κ1) is 13.0. The van der Waals surface area contributed by atoms with E-state index in [9.17, 15) is 0 Å². The summed E-state index contributed by atoms with van der Waals surface area (Å²) >= 11 is 0. The maximum absolute atomic E-state index is 5.96. The van der Waals surface area contributed by atoms with E-state index in [0.717, 1.165) is 13.2 Å². The fourth-order valence-corrected chi connectivity index (χ4v) is 2.14. The minimum Gasteiger partial charge on any atom is -0.377 e. The Bertz CT molecular complexity index is 141. The number of rotatable bonds is 6. The quantitative estimate of drug-likeness (QED) is 0.685. The molecule has 2 nitrogen and oxygen atoms in total. The molecule has 0 aromatic carbocycles. The van der Waals surface area contributed by atoms with E-state index in [1.165, 1.54) is 44.9 Å². The summed E-state index contributed by atoms with van der Waals surface area (Å²) in [5.41, 5.74) is 0. The van der Waals surface area contributed by atoms with Gasteiger partial charge in [0.2, 0.25) is 0 Å². The Labute approximate surface area is 94.8 Å². The van der Waals surface area contributed by atoms with Crippen molar-refractivity contribution in [3.05, 3.63) is 0 Å². The molecule has 0 amide bonds. The number of hydrogen-bond donors (Lipinski definition) is 1. The van der Waals surface area contributed by atoms with Crippen LogP contribution >= 0.6 is 0 Å². The molecule has 0 aromatic rings. The van der Waals surface area contributed by atoms with Crippen LogP contribution in [0, 0.1) is 0 Å². The van der Waals surface area contributed by atoms with Gasteiger partial charge in [-0.05, 0) is 32.7 Å². The maximum Gasteiger partial charge on any atom is 0.0620 e. The van der Waals surface area contributed by atoms with Crippen molar-refractivity contribution in [2.24, 2.45) is 0 Å². The second-order valence-electron chi connectivity index (χ2n) is 4.80. The summed E-state index contributed by atoms with van der Waals surface area (Å²) in [6, 6.07) is 0.508. The first-order valence-electron chi connectivity index (χ1n) is 6.68. The Balaban J connectivity index is 2.06. The zero-order valence-electron chi connectivity index (χ0n) is 10.4. The van der Waals surface area contributed by atoms with Gasteiger partial charge in [-0.25, -0.2) is 0 Å². The molecular formula is C13H27NO. The van der Waals surface area contributed by atoms with E-state index in [1.54, 1.807) is 0 Å². The Morgan fingerprint density at radius 3 is 2.47 bits per heavy atom. The average Bonchev–Trinajstić information content (AvgIpc) is 2.51. The van der Waals surface area contributed by atoms with Crippen LogP contribution in [0.1, 0.15) is 58.8 Å².